The molecule has 2 aromatic rings. The molecule has 1 aliphatic rings. The van der Waals surface area contributed by atoms with Gasteiger partial charge in [-0.2, -0.15) is 0 Å². The van der Waals surface area contributed by atoms with Crippen LogP contribution in [0.15, 0.2) is 48.8 Å². The van der Waals surface area contributed by atoms with Crippen molar-refractivity contribution >= 4 is 0 Å². The first-order chi connectivity index (χ1) is 14.3. The fraction of sp³-hybridized carbons (Fsp3) is 0.542. The Morgan fingerprint density at radius 2 is 1.83 bits per heavy atom. The van der Waals surface area contributed by atoms with Crippen LogP contribution in [0.3, 0.4) is 0 Å². The lowest BCUT2D eigenvalue weighted by atomic mass is 9.95. The third-order valence-corrected chi connectivity index (χ3v) is 5.61. The first-order valence-electron chi connectivity index (χ1n) is 10.8. The molecular weight excluding hydrogens is 362 g/mol. The average molecular weight is 398 g/mol. The van der Waals surface area contributed by atoms with E-state index in [1.165, 1.54) is 37.1 Å². The quantitative estimate of drug-likeness (QED) is 0.576. The van der Waals surface area contributed by atoms with Gasteiger partial charge in [0.05, 0.1) is 13.2 Å². The van der Waals surface area contributed by atoms with E-state index in [0.29, 0.717) is 6.61 Å². The smallest absolute Gasteiger partial charge is 0.119 e. The lowest BCUT2D eigenvalue weighted by molar-refractivity contribution is 0.104. The molecule has 1 aromatic heterocycles. The van der Waals surface area contributed by atoms with Gasteiger partial charge in [0, 0.05) is 45.7 Å². The normalized spacial score (nSPS) is 15.7. The lowest BCUT2D eigenvalue weighted by Crippen LogP contribution is -2.39. The van der Waals surface area contributed by atoms with Crippen LogP contribution in [0.25, 0.3) is 0 Å². The number of nitrogens with zero attached hydrogens (tertiary/aromatic N) is 3. The number of hydrogen-bond donors (Lipinski definition) is 0. The molecule has 2 heterocycles. The molecule has 0 radical (unpaired) electrons. The number of benzene rings is 1. The molecule has 1 saturated heterocycles. The van der Waals surface area contributed by atoms with Crippen LogP contribution in [-0.2, 0) is 17.8 Å². The minimum absolute atomic E-state index is 0.700. The van der Waals surface area contributed by atoms with Crippen molar-refractivity contribution in [3.05, 3.63) is 59.9 Å². The maximum Gasteiger partial charge on any atom is 0.119 e. The summed E-state index contributed by atoms with van der Waals surface area (Å²) in [5, 5.41) is 0. The molecule has 1 aliphatic heterocycles. The molecule has 1 aromatic carbocycles. The minimum Gasteiger partial charge on any atom is -0.494 e. The zero-order chi connectivity index (χ0) is 20.3. The molecule has 1 fully saturated rings. The van der Waals surface area contributed by atoms with Gasteiger partial charge in [0.15, 0.2) is 0 Å². The van der Waals surface area contributed by atoms with Gasteiger partial charge < -0.3 is 14.4 Å². The van der Waals surface area contributed by atoms with E-state index in [4.69, 9.17) is 9.47 Å². The Balaban J connectivity index is 1.61. The van der Waals surface area contributed by atoms with Crippen molar-refractivity contribution in [3.8, 4) is 5.75 Å². The van der Waals surface area contributed by atoms with Gasteiger partial charge in [-0.1, -0.05) is 12.1 Å². The molecule has 158 valence electrons. The Morgan fingerprint density at radius 1 is 1.07 bits per heavy atom. The van der Waals surface area contributed by atoms with Gasteiger partial charge in [-0.05, 0) is 74.2 Å². The van der Waals surface area contributed by atoms with Gasteiger partial charge in [-0.15, -0.1) is 0 Å². The number of hydrogen-bond acceptors (Lipinski definition) is 5. The van der Waals surface area contributed by atoms with Crippen LogP contribution in [0.1, 0.15) is 30.9 Å². The Labute approximate surface area is 175 Å². The van der Waals surface area contributed by atoms with Gasteiger partial charge in [0.1, 0.15) is 5.75 Å². The van der Waals surface area contributed by atoms with Crippen molar-refractivity contribution in [2.75, 3.05) is 46.5 Å². The van der Waals surface area contributed by atoms with Gasteiger partial charge in [-0.3, -0.25) is 9.88 Å². The van der Waals surface area contributed by atoms with Gasteiger partial charge in [0.2, 0.25) is 0 Å². The van der Waals surface area contributed by atoms with E-state index in [1.807, 2.05) is 25.4 Å². The second-order valence-electron chi connectivity index (χ2n) is 7.88. The second kappa shape index (κ2) is 11.9. The third kappa shape index (κ3) is 7.42. The summed E-state index contributed by atoms with van der Waals surface area (Å²) in [7, 11) is 1.78. The van der Waals surface area contributed by atoms with Crippen molar-refractivity contribution < 1.29 is 9.47 Å². The molecule has 3 rings (SSSR count). The predicted octanol–water partition coefficient (Wildman–Crippen LogP) is 3.84. The number of aromatic nitrogens is 1. The first-order valence-corrected chi connectivity index (χ1v) is 10.8. The molecule has 5 nitrogen and oxygen atoms in total. The summed E-state index contributed by atoms with van der Waals surface area (Å²) in [5.41, 5.74) is 2.63. The Morgan fingerprint density at radius 3 is 2.55 bits per heavy atom. The van der Waals surface area contributed by atoms with E-state index in [0.717, 1.165) is 44.5 Å². The summed E-state index contributed by atoms with van der Waals surface area (Å²) in [5.74, 6) is 1.70. The molecule has 0 bridgehead atoms. The molecule has 0 spiro atoms. The summed E-state index contributed by atoms with van der Waals surface area (Å²) in [6, 6.07) is 12.8. The fourth-order valence-electron chi connectivity index (χ4n) is 4.07. The topological polar surface area (TPSA) is 37.8 Å². The average Bonchev–Trinajstić information content (AvgIpc) is 2.74. The van der Waals surface area contributed by atoms with Crippen LogP contribution in [0, 0.1) is 5.92 Å². The molecular formula is C24H35N3O2. The number of rotatable bonds is 11. The second-order valence-corrected chi connectivity index (χ2v) is 7.88. The Hall–Kier alpha value is -1.95. The van der Waals surface area contributed by atoms with Crippen LogP contribution in [-0.4, -0.2) is 61.3 Å². The van der Waals surface area contributed by atoms with Crippen molar-refractivity contribution in [1.82, 2.24) is 14.8 Å². The van der Waals surface area contributed by atoms with Crippen LogP contribution in [0.4, 0.5) is 0 Å². The van der Waals surface area contributed by atoms with Gasteiger partial charge in [-0.25, -0.2) is 0 Å². The van der Waals surface area contributed by atoms with Crippen LogP contribution >= 0.6 is 0 Å². The third-order valence-electron chi connectivity index (χ3n) is 5.61. The molecule has 0 atom stereocenters. The zero-order valence-electron chi connectivity index (χ0n) is 17.9. The van der Waals surface area contributed by atoms with Crippen molar-refractivity contribution in [2.45, 2.75) is 32.9 Å². The largest absolute Gasteiger partial charge is 0.494 e. The van der Waals surface area contributed by atoms with E-state index < -0.39 is 0 Å². The van der Waals surface area contributed by atoms with E-state index in [2.05, 4.69) is 45.1 Å². The van der Waals surface area contributed by atoms with E-state index >= 15 is 0 Å². The number of likely N-dealkylation sites (tertiary alicyclic amines) is 1. The number of methoxy groups -OCH3 is 1. The van der Waals surface area contributed by atoms with Crippen molar-refractivity contribution in [2.24, 2.45) is 5.92 Å². The van der Waals surface area contributed by atoms with Crippen molar-refractivity contribution in [3.63, 3.8) is 0 Å². The number of ether oxygens (including phenoxy) is 2. The summed E-state index contributed by atoms with van der Waals surface area (Å²) in [4.78, 5) is 9.27. The molecule has 0 aliphatic carbocycles. The van der Waals surface area contributed by atoms with Gasteiger partial charge >= 0.3 is 0 Å². The highest BCUT2D eigenvalue weighted by atomic mass is 16.5. The minimum atomic E-state index is 0.700. The number of piperidine rings is 1. The highest BCUT2D eigenvalue weighted by molar-refractivity contribution is 5.28. The Bertz CT molecular complexity index is 702. The zero-order valence-corrected chi connectivity index (χ0v) is 17.9. The maximum absolute atomic E-state index is 5.70. The molecule has 0 N–H and O–H groups in total. The van der Waals surface area contributed by atoms with Crippen LogP contribution in [0.2, 0.25) is 0 Å². The van der Waals surface area contributed by atoms with Crippen LogP contribution < -0.4 is 4.74 Å². The lowest BCUT2D eigenvalue weighted by Gasteiger charge is -2.35. The van der Waals surface area contributed by atoms with Gasteiger partial charge in [0.25, 0.3) is 0 Å². The molecule has 0 saturated carbocycles. The monoisotopic (exact) mass is 397 g/mol. The summed E-state index contributed by atoms with van der Waals surface area (Å²) >= 11 is 0. The standard InChI is InChI=1S/C24H35N3O2/c1-3-29-24-6-4-5-23(17-24)20-27(18-21-7-11-25-12-8-21)19-22-9-13-26(14-10-22)15-16-28-2/h4-8,11-12,17,22H,3,9-10,13-16,18-20H2,1-2H3. The van der Waals surface area contributed by atoms with Crippen LogP contribution in [0.5, 0.6) is 5.75 Å². The maximum atomic E-state index is 5.70. The summed E-state index contributed by atoms with van der Waals surface area (Å²) in [6.45, 7) is 9.97. The predicted molar refractivity (Wildman–Crippen MR) is 117 cm³/mol. The van der Waals surface area contributed by atoms with Crippen molar-refractivity contribution in [1.29, 1.82) is 0 Å². The number of pyridine rings is 1. The SMILES string of the molecule is CCOc1cccc(CN(Cc2ccncc2)CC2CCN(CCOC)CC2)c1. The highest BCUT2D eigenvalue weighted by Crippen LogP contribution is 2.22. The van der Waals surface area contributed by atoms with E-state index in [9.17, 15) is 0 Å². The summed E-state index contributed by atoms with van der Waals surface area (Å²) in [6.07, 6.45) is 6.29. The van der Waals surface area contributed by atoms with E-state index in [1.54, 1.807) is 7.11 Å². The fourth-order valence-corrected chi connectivity index (χ4v) is 4.07. The molecule has 0 amide bonds. The molecule has 0 unspecified atom stereocenters. The molecule has 5 heteroatoms. The summed E-state index contributed by atoms with van der Waals surface area (Å²) < 4.78 is 10.9. The first kappa shape index (κ1) is 21.8. The Kier molecular flexibility index (Phi) is 8.93. The molecule has 29 heavy (non-hydrogen) atoms. The van der Waals surface area contributed by atoms with E-state index in [-0.39, 0.29) is 0 Å². The highest BCUT2D eigenvalue weighted by Gasteiger charge is 2.21.